The Morgan fingerprint density at radius 3 is 2.74 bits per heavy atom. The van der Waals surface area contributed by atoms with Crippen LogP contribution in [0.4, 0.5) is 16.6 Å². The van der Waals surface area contributed by atoms with Crippen molar-refractivity contribution in [3.63, 3.8) is 0 Å². The number of anilines is 3. The molecule has 0 spiro atoms. The summed E-state index contributed by atoms with van der Waals surface area (Å²) in [5, 5.41) is 13.9. The molecule has 2 saturated heterocycles. The van der Waals surface area contributed by atoms with E-state index in [4.69, 9.17) is 23.9 Å². The third-order valence-electron chi connectivity index (χ3n) is 6.27. The van der Waals surface area contributed by atoms with Gasteiger partial charge in [0.05, 0.1) is 42.4 Å². The number of hydrogen-bond donors (Lipinski definition) is 2. The van der Waals surface area contributed by atoms with Crippen molar-refractivity contribution in [2.75, 3.05) is 61.6 Å². The number of aromatic nitrogens is 4. The van der Waals surface area contributed by atoms with Gasteiger partial charge in [-0.2, -0.15) is 18.5 Å². The van der Waals surface area contributed by atoms with Gasteiger partial charge in [-0.3, -0.25) is 4.79 Å². The number of amides is 1. The number of fused-ring (bicyclic) bond motifs is 1. The second-order valence-corrected chi connectivity index (χ2v) is 9.76. The summed E-state index contributed by atoms with van der Waals surface area (Å²) in [5.74, 6) is 0.876. The number of carbonyl (C=O) groups excluding carboxylic acids is 1. The van der Waals surface area contributed by atoms with Crippen LogP contribution >= 0.6 is 24.8 Å². The predicted molar refractivity (Wildman–Crippen MR) is 148 cm³/mol. The molecule has 1 atom stereocenters. The van der Waals surface area contributed by atoms with Crippen LogP contribution in [0.15, 0.2) is 35.1 Å². The smallest absolute Gasteiger partial charge is 0.277 e. The number of methoxy groups -OCH3 is 1. The van der Waals surface area contributed by atoms with Crippen LogP contribution in [-0.2, 0) is 4.74 Å². The minimum Gasteiger partial charge on any atom is -0.481 e. The quantitative estimate of drug-likeness (QED) is 0.361. The van der Waals surface area contributed by atoms with Gasteiger partial charge >= 0.3 is 0 Å². The highest BCUT2D eigenvalue weighted by atomic mass is 32.1. The summed E-state index contributed by atoms with van der Waals surface area (Å²) in [4.78, 5) is 35.4. The Kier molecular flexibility index (Phi) is 7.65. The van der Waals surface area contributed by atoms with Crippen molar-refractivity contribution in [3.05, 3.63) is 36.4 Å². The number of nitrogens with zero attached hydrogens (tertiary/aromatic N) is 6. The highest BCUT2D eigenvalue weighted by Gasteiger charge is 2.27. The van der Waals surface area contributed by atoms with Crippen LogP contribution < -0.4 is 19.9 Å². The highest BCUT2D eigenvalue weighted by molar-refractivity contribution is 7.59. The normalized spacial score (nSPS) is 17.5. The Labute approximate surface area is 229 Å². The molecule has 0 aliphatic carbocycles. The third kappa shape index (κ3) is 5.25. The molecule has 0 radical (unpaired) electrons. The molecule has 4 aromatic rings. The number of β-amino-alcohol motifs (C(OH)–C–C–N with tert-alkyl or cyclic N) is 1. The molecule has 0 unspecified atom stereocenters. The van der Waals surface area contributed by atoms with Crippen LogP contribution in [0.2, 0.25) is 0 Å². The van der Waals surface area contributed by atoms with Crippen LogP contribution in [0.3, 0.4) is 0 Å². The lowest BCUT2D eigenvalue weighted by Gasteiger charge is -2.25. The number of aliphatic hydroxyl groups excluding tert-OH is 1. The van der Waals surface area contributed by atoms with E-state index >= 15 is 0 Å². The zero-order valence-corrected chi connectivity index (χ0v) is 22.4. The molecule has 0 aromatic carbocycles. The first-order valence-electron chi connectivity index (χ1n) is 11.9. The molecule has 12 nitrogen and oxygen atoms in total. The van der Waals surface area contributed by atoms with Crippen LogP contribution in [0.5, 0.6) is 5.88 Å². The molecule has 2 N–H and O–H groups in total. The topological polar surface area (TPSA) is 139 Å². The summed E-state index contributed by atoms with van der Waals surface area (Å²) in [6.07, 6.45) is 3.06. The lowest BCUT2D eigenvalue weighted by atomic mass is 10.3. The molecule has 2 aliphatic rings. The van der Waals surface area contributed by atoms with Gasteiger partial charge < -0.3 is 34.1 Å². The number of carbonyl (C=O) groups is 1. The Balaban J connectivity index is 0.00000294. The minimum atomic E-state index is -0.448. The summed E-state index contributed by atoms with van der Waals surface area (Å²) in [5.41, 5.74) is 1.88. The molecule has 2 fully saturated rings. The number of thiazole rings is 1. The summed E-state index contributed by atoms with van der Waals surface area (Å²) >= 11 is 1.52. The van der Waals surface area contributed by atoms with Gasteiger partial charge in [-0.15, -0.1) is 0 Å². The Bertz CT molecular complexity index is 1420. The van der Waals surface area contributed by atoms with Crippen molar-refractivity contribution in [1.82, 2.24) is 19.9 Å². The van der Waals surface area contributed by atoms with Gasteiger partial charge in [-0.1, -0.05) is 11.3 Å². The zero-order valence-electron chi connectivity index (χ0n) is 20.6. The number of pyridine rings is 2. The maximum atomic E-state index is 13.2. The monoisotopic (exact) mass is 557 g/mol. The number of aliphatic hydroxyl groups is 1. The first-order valence-corrected chi connectivity index (χ1v) is 12.7. The molecule has 6 heterocycles. The van der Waals surface area contributed by atoms with Crippen LogP contribution in [-0.4, -0.2) is 83.6 Å². The summed E-state index contributed by atoms with van der Waals surface area (Å²) < 4.78 is 16.9. The molecule has 6 rings (SSSR count). The van der Waals surface area contributed by atoms with E-state index in [0.717, 1.165) is 22.9 Å². The van der Waals surface area contributed by atoms with Crippen molar-refractivity contribution in [3.8, 4) is 17.3 Å². The van der Waals surface area contributed by atoms with E-state index in [1.165, 1.54) is 24.7 Å². The molecular formula is C24H27N7O5S2. The SMILES string of the molecule is COc1ccc(-c2nc(C(=O)Nc3cc4sc(N5CCOCC5)nc4nc3N3CC[C@H](O)C3)co2)cn1.S. The summed E-state index contributed by atoms with van der Waals surface area (Å²) in [6, 6.07) is 5.33. The maximum absolute atomic E-state index is 13.2. The van der Waals surface area contributed by atoms with Gasteiger partial charge in [0.1, 0.15) is 6.26 Å². The number of oxazole rings is 1. The van der Waals surface area contributed by atoms with E-state index < -0.39 is 12.0 Å². The summed E-state index contributed by atoms with van der Waals surface area (Å²) in [7, 11) is 1.54. The average Bonchev–Trinajstić information content (AvgIpc) is 3.68. The number of ether oxygens (including phenoxy) is 2. The van der Waals surface area contributed by atoms with Crippen molar-refractivity contribution in [1.29, 1.82) is 0 Å². The van der Waals surface area contributed by atoms with Crippen molar-refractivity contribution in [2.45, 2.75) is 12.5 Å². The Hall–Kier alpha value is -3.46. The van der Waals surface area contributed by atoms with Gasteiger partial charge in [0, 0.05) is 38.4 Å². The Morgan fingerprint density at radius 2 is 2.03 bits per heavy atom. The van der Waals surface area contributed by atoms with Gasteiger partial charge in [-0.05, 0) is 18.6 Å². The van der Waals surface area contributed by atoms with Crippen LogP contribution in [0, 0.1) is 0 Å². The standard InChI is InChI=1S/C24H25N7O5S.H2S/c1-34-19-3-2-14(11-25-19)23-27-17(13-36-23)22(33)26-16-10-18-20(28-21(16)31-5-4-15(32)12-31)29-24(37-18)30-6-8-35-9-7-30;/h2-3,10-11,13,15,32H,4-9,12H2,1H3,(H,26,33);1H2/t15-;/m0./s1. The molecule has 14 heteroatoms. The van der Waals surface area contributed by atoms with Gasteiger partial charge in [0.15, 0.2) is 22.3 Å². The minimum absolute atomic E-state index is 0. The maximum Gasteiger partial charge on any atom is 0.277 e. The number of rotatable bonds is 6. The molecule has 1 amide bonds. The summed E-state index contributed by atoms with van der Waals surface area (Å²) in [6.45, 7) is 3.92. The fourth-order valence-electron chi connectivity index (χ4n) is 4.32. The van der Waals surface area contributed by atoms with Crippen molar-refractivity contribution < 1.29 is 23.8 Å². The number of morpholine rings is 1. The second-order valence-electron chi connectivity index (χ2n) is 8.75. The number of hydrogen-bond acceptors (Lipinski definition) is 12. The first-order chi connectivity index (χ1) is 18.1. The van der Waals surface area contributed by atoms with Gasteiger partial charge in [0.2, 0.25) is 11.8 Å². The molecule has 0 saturated carbocycles. The van der Waals surface area contributed by atoms with Crippen LogP contribution in [0.25, 0.3) is 21.8 Å². The van der Waals surface area contributed by atoms with E-state index in [1.54, 1.807) is 18.3 Å². The van der Waals surface area contributed by atoms with E-state index in [0.29, 0.717) is 61.3 Å². The third-order valence-corrected chi connectivity index (χ3v) is 7.33. The average molecular weight is 558 g/mol. The van der Waals surface area contributed by atoms with Crippen molar-refractivity contribution in [2.24, 2.45) is 0 Å². The van der Waals surface area contributed by atoms with Gasteiger partial charge in [-0.25, -0.2) is 15.0 Å². The van der Waals surface area contributed by atoms with E-state index in [9.17, 15) is 9.90 Å². The fraction of sp³-hybridized carbons (Fsp3) is 0.375. The lowest BCUT2D eigenvalue weighted by molar-refractivity contribution is 0.102. The fourth-order valence-corrected chi connectivity index (χ4v) is 5.32. The van der Waals surface area contributed by atoms with E-state index in [-0.39, 0.29) is 25.1 Å². The molecule has 0 bridgehead atoms. The lowest BCUT2D eigenvalue weighted by Crippen LogP contribution is -2.36. The zero-order chi connectivity index (χ0) is 25.4. The highest BCUT2D eigenvalue weighted by Crippen LogP contribution is 2.36. The molecule has 4 aromatic heterocycles. The first kappa shape index (κ1) is 26.2. The molecular weight excluding hydrogens is 530 g/mol. The molecule has 200 valence electrons. The van der Waals surface area contributed by atoms with E-state index in [2.05, 4.69) is 20.2 Å². The molecule has 2 aliphatic heterocycles. The largest absolute Gasteiger partial charge is 0.481 e. The van der Waals surface area contributed by atoms with Gasteiger partial charge in [0.25, 0.3) is 5.91 Å². The second kappa shape index (κ2) is 11.1. The predicted octanol–water partition coefficient (Wildman–Crippen LogP) is 2.52. The number of nitrogens with one attached hydrogen (secondary N) is 1. The Morgan fingerprint density at radius 1 is 1.18 bits per heavy atom. The van der Waals surface area contributed by atoms with Crippen molar-refractivity contribution >= 4 is 57.7 Å². The molecule has 38 heavy (non-hydrogen) atoms. The van der Waals surface area contributed by atoms with Crippen LogP contribution in [0.1, 0.15) is 16.9 Å². The van der Waals surface area contributed by atoms with E-state index in [1.807, 2.05) is 11.0 Å².